The van der Waals surface area contributed by atoms with Crippen molar-refractivity contribution < 1.29 is 14.6 Å². The maximum absolute atomic E-state index is 10.4. The van der Waals surface area contributed by atoms with Crippen molar-refractivity contribution >= 4 is 22.3 Å². The monoisotopic (exact) mass is 282 g/mol. The molecule has 0 atom stereocenters. The normalized spacial score (nSPS) is 16.4. The fraction of sp³-hybridized carbons (Fsp3) is 0.636. The van der Waals surface area contributed by atoms with Crippen LogP contribution in [0.3, 0.4) is 0 Å². The molecule has 19 heavy (non-hydrogen) atoms. The summed E-state index contributed by atoms with van der Waals surface area (Å²) in [6.07, 6.45) is 4.75. The number of carboxylic acids is 1. The van der Waals surface area contributed by atoms with Gasteiger partial charge >= 0.3 is 5.97 Å². The van der Waals surface area contributed by atoms with Crippen LogP contribution in [0.1, 0.15) is 42.4 Å². The number of carbonyl (C=O) groups is 1. The smallest absolute Gasteiger partial charge is 0.329 e. The molecule has 1 N–H and O–H groups in total. The Morgan fingerprint density at radius 3 is 2.95 bits per heavy atom. The number of nitrogens with zero attached hydrogens (tertiary/aromatic N) is 4. The Hall–Kier alpha value is -1.54. The Bertz CT molecular complexity index is 588. The van der Waals surface area contributed by atoms with Gasteiger partial charge in [-0.2, -0.15) is 9.61 Å². The quantitative estimate of drug-likeness (QED) is 0.892. The van der Waals surface area contributed by atoms with Crippen LogP contribution in [0.2, 0.25) is 0 Å². The molecule has 0 radical (unpaired) electrons. The third-order valence-corrected chi connectivity index (χ3v) is 4.10. The van der Waals surface area contributed by atoms with Crippen LogP contribution >= 0.6 is 11.3 Å². The molecule has 1 fully saturated rings. The average molecular weight is 282 g/mol. The summed E-state index contributed by atoms with van der Waals surface area (Å²) in [4.78, 5) is 11.1. The van der Waals surface area contributed by atoms with Crippen LogP contribution in [-0.2, 0) is 16.1 Å². The van der Waals surface area contributed by atoms with E-state index >= 15 is 0 Å². The second-order valence-electron chi connectivity index (χ2n) is 4.62. The zero-order chi connectivity index (χ0) is 13.2. The molecule has 2 aromatic heterocycles. The SMILES string of the molecule is O=C(O)COCc1nn2c(C3CCCC3)nnc2s1. The lowest BCUT2D eigenvalue weighted by molar-refractivity contribution is -0.142. The van der Waals surface area contributed by atoms with Crippen molar-refractivity contribution in [2.75, 3.05) is 6.61 Å². The van der Waals surface area contributed by atoms with Crippen LogP contribution in [-0.4, -0.2) is 37.5 Å². The molecule has 1 aliphatic rings. The molecule has 0 bridgehead atoms. The standard InChI is InChI=1S/C11H14N4O3S/c16-9(17)6-18-5-8-14-15-10(7-3-1-2-4-7)12-13-11(15)19-8/h7H,1-6H2,(H,16,17). The molecule has 0 saturated heterocycles. The molecule has 2 heterocycles. The Kier molecular flexibility index (Phi) is 3.43. The molecule has 0 amide bonds. The Morgan fingerprint density at radius 2 is 2.21 bits per heavy atom. The maximum atomic E-state index is 10.4. The van der Waals surface area contributed by atoms with Gasteiger partial charge in [0.05, 0.1) is 0 Å². The van der Waals surface area contributed by atoms with E-state index in [-0.39, 0.29) is 13.2 Å². The number of carboxylic acid groups (broad SMARTS) is 1. The first-order valence-corrected chi connectivity index (χ1v) is 7.06. The van der Waals surface area contributed by atoms with Gasteiger partial charge in [-0.3, -0.25) is 0 Å². The minimum atomic E-state index is -0.977. The van der Waals surface area contributed by atoms with Crippen molar-refractivity contribution in [2.24, 2.45) is 0 Å². The summed E-state index contributed by atoms with van der Waals surface area (Å²) in [6, 6.07) is 0. The third-order valence-electron chi connectivity index (χ3n) is 3.23. The summed E-state index contributed by atoms with van der Waals surface area (Å²) in [5, 5.41) is 22.0. The molecule has 1 saturated carbocycles. The summed E-state index contributed by atoms with van der Waals surface area (Å²) < 4.78 is 6.81. The van der Waals surface area contributed by atoms with Gasteiger partial charge in [0, 0.05) is 5.92 Å². The predicted octanol–water partition coefficient (Wildman–Crippen LogP) is 1.44. The van der Waals surface area contributed by atoms with Crippen molar-refractivity contribution in [1.82, 2.24) is 19.8 Å². The van der Waals surface area contributed by atoms with Gasteiger partial charge in [-0.15, -0.1) is 10.2 Å². The van der Waals surface area contributed by atoms with E-state index < -0.39 is 5.97 Å². The number of hydrogen-bond donors (Lipinski definition) is 1. The Morgan fingerprint density at radius 1 is 1.42 bits per heavy atom. The highest BCUT2D eigenvalue weighted by Gasteiger charge is 2.24. The highest BCUT2D eigenvalue weighted by Crippen LogP contribution is 2.33. The molecular weight excluding hydrogens is 268 g/mol. The van der Waals surface area contributed by atoms with E-state index in [2.05, 4.69) is 15.3 Å². The molecular formula is C11H14N4O3S. The van der Waals surface area contributed by atoms with Gasteiger partial charge in [-0.25, -0.2) is 4.79 Å². The zero-order valence-electron chi connectivity index (χ0n) is 10.3. The molecule has 0 aliphatic heterocycles. The number of aliphatic carboxylic acids is 1. The highest BCUT2D eigenvalue weighted by atomic mass is 32.1. The van der Waals surface area contributed by atoms with Gasteiger partial charge in [-0.05, 0) is 12.8 Å². The van der Waals surface area contributed by atoms with Crippen LogP contribution in [0.15, 0.2) is 0 Å². The van der Waals surface area contributed by atoms with Crippen LogP contribution in [0.4, 0.5) is 0 Å². The number of rotatable bonds is 5. The van der Waals surface area contributed by atoms with Gasteiger partial charge in [-0.1, -0.05) is 24.2 Å². The van der Waals surface area contributed by atoms with Crippen molar-refractivity contribution in [3.05, 3.63) is 10.8 Å². The van der Waals surface area contributed by atoms with Crippen molar-refractivity contribution in [3.63, 3.8) is 0 Å². The second-order valence-corrected chi connectivity index (χ2v) is 5.66. The van der Waals surface area contributed by atoms with E-state index in [1.807, 2.05) is 0 Å². The number of ether oxygens (including phenoxy) is 1. The van der Waals surface area contributed by atoms with Crippen molar-refractivity contribution in [3.8, 4) is 0 Å². The lowest BCUT2D eigenvalue weighted by atomic mass is 10.1. The molecule has 3 rings (SSSR count). The zero-order valence-corrected chi connectivity index (χ0v) is 11.1. The highest BCUT2D eigenvalue weighted by molar-refractivity contribution is 7.16. The van der Waals surface area contributed by atoms with E-state index in [1.165, 1.54) is 24.2 Å². The molecule has 2 aromatic rings. The summed E-state index contributed by atoms with van der Waals surface area (Å²) >= 11 is 1.39. The van der Waals surface area contributed by atoms with Crippen LogP contribution in [0.5, 0.6) is 0 Å². The Balaban J connectivity index is 1.75. The summed E-state index contributed by atoms with van der Waals surface area (Å²) in [5.74, 6) is 0.396. The van der Waals surface area contributed by atoms with E-state index in [1.54, 1.807) is 4.52 Å². The van der Waals surface area contributed by atoms with Gasteiger partial charge in [0.1, 0.15) is 18.2 Å². The second kappa shape index (κ2) is 5.22. The average Bonchev–Trinajstić information content (AvgIpc) is 3.01. The van der Waals surface area contributed by atoms with Gasteiger partial charge in [0.15, 0.2) is 5.82 Å². The first-order chi connectivity index (χ1) is 9.24. The lowest BCUT2D eigenvalue weighted by Gasteiger charge is -2.03. The first kappa shape index (κ1) is 12.5. The van der Waals surface area contributed by atoms with Gasteiger partial charge in [0.2, 0.25) is 4.96 Å². The molecule has 1 aliphatic carbocycles. The summed E-state index contributed by atoms with van der Waals surface area (Å²) in [5.41, 5.74) is 0. The van der Waals surface area contributed by atoms with E-state index in [0.29, 0.717) is 5.92 Å². The van der Waals surface area contributed by atoms with Crippen LogP contribution < -0.4 is 0 Å². The number of hydrogen-bond acceptors (Lipinski definition) is 6. The van der Waals surface area contributed by atoms with E-state index in [9.17, 15) is 4.79 Å². The van der Waals surface area contributed by atoms with E-state index in [0.717, 1.165) is 28.6 Å². The fourth-order valence-electron chi connectivity index (χ4n) is 2.39. The topological polar surface area (TPSA) is 89.6 Å². The molecule has 0 spiro atoms. The molecule has 7 nitrogen and oxygen atoms in total. The minimum Gasteiger partial charge on any atom is -0.480 e. The predicted molar refractivity (Wildman–Crippen MR) is 67.2 cm³/mol. The van der Waals surface area contributed by atoms with Gasteiger partial charge < -0.3 is 9.84 Å². The number of aromatic nitrogens is 4. The minimum absolute atomic E-state index is 0.199. The van der Waals surface area contributed by atoms with Gasteiger partial charge in [0.25, 0.3) is 0 Å². The summed E-state index contributed by atoms with van der Waals surface area (Å²) in [7, 11) is 0. The summed E-state index contributed by atoms with van der Waals surface area (Å²) in [6.45, 7) is -0.111. The van der Waals surface area contributed by atoms with Crippen LogP contribution in [0.25, 0.3) is 4.96 Å². The van der Waals surface area contributed by atoms with Crippen molar-refractivity contribution in [2.45, 2.75) is 38.2 Å². The fourth-order valence-corrected chi connectivity index (χ4v) is 3.17. The maximum Gasteiger partial charge on any atom is 0.329 e. The molecule has 0 aromatic carbocycles. The van der Waals surface area contributed by atoms with Crippen molar-refractivity contribution in [1.29, 1.82) is 0 Å². The van der Waals surface area contributed by atoms with E-state index in [4.69, 9.17) is 9.84 Å². The van der Waals surface area contributed by atoms with Crippen LogP contribution in [0, 0.1) is 0 Å². The molecule has 102 valence electrons. The molecule has 8 heteroatoms. The Labute approximate surface area is 113 Å². The first-order valence-electron chi connectivity index (χ1n) is 6.24. The number of fused-ring (bicyclic) bond motifs is 1. The third kappa shape index (κ3) is 2.59. The largest absolute Gasteiger partial charge is 0.480 e. The molecule has 0 unspecified atom stereocenters. The lowest BCUT2D eigenvalue weighted by Crippen LogP contribution is -2.07.